The van der Waals surface area contributed by atoms with Crippen LogP contribution in [-0.4, -0.2) is 32.8 Å². The Morgan fingerprint density at radius 1 is 1.33 bits per heavy atom. The van der Waals surface area contributed by atoms with Gasteiger partial charge in [-0.05, 0) is 33.6 Å². The van der Waals surface area contributed by atoms with Gasteiger partial charge < -0.3 is 19.5 Å². The van der Waals surface area contributed by atoms with Crippen molar-refractivity contribution in [2.75, 3.05) is 20.8 Å². The molecule has 1 atom stereocenters. The van der Waals surface area contributed by atoms with Crippen molar-refractivity contribution in [1.82, 2.24) is 5.32 Å². The molecule has 2 rings (SSSR count). The highest BCUT2D eigenvalue weighted by Gasteiger charge is 2.47. The Kier molecular flexibility index (Phi) is 5.63. The van der Waals surface area contributed by atoms with E-state index in [-0.39, 0.29) is 18.0 Å². The largest absolute Gasteiger partial charge is 0.495 e. The maximum atomic E-state index is 13.9. The molecule has 1 heterocycles. The highest BCUT2D eigenvalue weighted by Crippen LogP contribution is 2.41. The lowest BCUT2D eigenvalue weighted by atomic mass is 9.99. The number of alkyl carbamates (subject to hydrolysis) is 1. The minimum atomic E-state index is -3.22. The van der Waals surface area contributed by atoms with Gasteiger partial charge in [0.05, 0.1) is 14.2 Å². The van der Waals surface area contributed by atoms with E-state index in [1.165, 1.54) is 26.4 Å². The first kappa shape index (κ1) is 17.8. The van der Waals surface area contributed by atoms with E-state index in [4.69, 9.17) is 9.47 Å². The first-order valence-corrected chi connectivity index (χ1v) is 6.41. The van der Waals surface area contributed by atoms with Gasteiger partial charge in [0, 0.05) is 0 Å². The zero-order valence-electron chi connectivity index (χ0n) is 11.1. The zero-order chi connectivity index (χ0) is 14.9. The number of hydrogen-bond donors (Lipinski definition) is 1. The third-order valence-electron chi connectivity index (χ3n) is 2.88. The Morgan fingerprint density at radius 3 is 2.33 bits per heavy atom. The molecule has 1 fully saturated rings. The summed E-state index contributed by atoms with van der Waals surface area (Å²) in [5.41, 5.74) is 0.170. The van der Waals surface area contributed by atoms with E-state index in [1.807, 2.05) is 0 Å². The Bertz CT molecular complexity index is 519. The number of carbonyl (C=O) groups excluding carboxylic acids is 1. The molecule has 0 unspecified atom stereocenters. The summed E-state index contributed by atoms with van der Waals surface area (Å²) in [7, 11) is 2.81. The van der Waals surface area contributed by atoms with Crippen LogP contribution in [0.3, 0.4) is 0 Å². The maximum absolute atomic E-state index is 13.9. The average molecular weight is 389 g/mol. The fourth-order valence-corrected chi connectivity index (χ4v) is 2.45. The molecule has 0 aromatic heterocycles. The molecule has 5 nitrogen and oxygen atoms in total. The fraction of sp³-hybridized carbons (Fsp3) is 0.417. The second kappa shape index (κ2) is 6.65. The van der Waals surface area contributed by atoms with Crippen LogP contribution in [0.15, 0.2) is 16.6 Å². The molecule has 1 aliphatic heterocycles. The SMILES string of the molecule is COc1cc([C@@H]2NC(=O)OCC2(F)F)cc(OC)c1Br.Cl. The van der Waals surface area contributed by atoms with Crippen molar-refractivity contribution in [1.29, 1.82) is 0 Å². The fourth-order valence-electron chi connectivity index (χ4n) is 1.89. The van der Waals surface area contributed by atoms with Gasteiger partial charge in [0.1, 0.15) is 22.0 Å². The predicted octanol–water partition coefficient (Wildman–Crippen LogP) is 3.30. The minimum absolute atomic E-state index is 0. The van der Waals surface area contributed by atoms with E-state index in [0.717, 1.165) is 0 Å². The van der Waals surface area contributed by atoms with E-state index in [1.54, 1.807) is 0 Å². The quantitative estimate of drug-likeness (QED) is 0.863. The topological polar surface area (TPSA) is 56.8 Å². The van der Waals surface area contributed by atoms with Gasteiger partial charge in [-0.25, -0.2) is 13.6 Å². The molecule has 118 valence electrons. The third kappa shape index (κ3) is 3.49. The molecule has 1 aromatic carbocycles. The average Bonchev–Trinajstić information content (AvgIpc) is 2.42. The number of methoxy groups -OCH3 is 2. The number of rotatable bonds is 3. The van der Waals surface area contributed by atoms with Crippen LogP contribution in [0.5, 0.6) is 11.5 Å². The molecule has 0 aliphatic carbocycles. The van der Waals surface area contributed by atoms with Crippen molar-refractivity contribution < 1.29 is 27.8 Å². The first-order chi connectivity index (χ1) is 9.39. The number of halogens is 4. The molecule has 1 saturated heterocycles. The van der Waals surface area contributed by atoms with E-state index in [0.29, 0.717) is 16.0 Å². The van der Waals surface area contributed by atoms with Crippen LogP contribution >= 0.6 is 28.3 Å². The molecular formula is C12H13BrClF2NO4. The Balaban J connectivity index is 0.00000220. The zero-order valence-corrected chi connectivity index (χ0v) is 13.5. The summed E-state index contributed by atoms with van der Waals surface area (Å²) in [4.78, 5) is 11.2. The molecule has 9 heteroatoms. The lowest BCUT2D eigenvalue weighted by Crippen LogP contribution is -2.49. The van der Waals surface area contributed by atoms with Gasteiger partial charge in [0.15, 0.2) is 6.61 Å². The van der Waals surface area contributed by atoms with Crippen LogP contribution in [-0.2, 0) is 4.74 Å². The summed E-state index contributed by atoms with van der Waals surface area (Å²) in [6.07, 6.45) is -0.887. The molecule has 0 spiro atoms. The number of carbonyl (C=O) groups is 1. The Labute approximate surface area is 134 Å². The van der Waals surface area contributed by atoms with Gasteiger partial charge in [-0.2, -0.15) is 0 Å². The van der Waals surface area contributed by atoms with Gasteiger partial charge in [0.25, 0.3) is 0 Å². The van der Waals surface area contributed by atoms with E-state index in [9.17, 15) is 13.6 Å². The third-order valence-corrected chi connectivity index (χ3v) is 3.66. The summed E-state index contributed by atoms with van der Waals surface area (Å²) in [6, 6.07) is 1.33. The van der Waals surface area contributed by atoms with Crippen LogP contribution in [0.1, 0.15) is 11.6 Å². The number of amides is 1. The molecule has 1 amide bonds. The van der Waals surface area contributed by atoms with Crippen molar-refractivity contribution in [2.45, 2.75) is 12.0 Å². The monoisotopic (exact) mass is 387 g/mol. The van der Waals surface area contributed by atoms with Crippen LogP contribution < -0.4 is 14.8 Å². The van der Waals surface area contributed by atoms with Crippen molar-refractivity contribution in [3.63, 3.8) is 0 Å². The van der Waals surface area contributed by atoms with Crippen LogP contribution in [0.2, 0.25) is 0 Å². The standard InChI is InChI=1S/C12H12BrF2NO4.ClH/c1-18-7-3-6(4-8(19-2)9(7)13)10-12(14,15)5-20-11(17)16-10;/h3-4,10H,5H2,1-2H3,(H,16,17);1H/t10-;/m0./s1. The van der Waals surface area contributed by atoms with Crippen LogP contribution in [0.25, 0.3) is 0 Å². The molecule has 0 radical (unpaired) electrons. The second-order valence-electron chi connectivity index (χ2n) is 4.15. The number of ether oxygens (including phenoxy) is 3. The molecule has 1 aromatic rings. The predicted molar refractivity (Wildman–Crippen MR) is 76.7 cm³/mol. The van der Waals surface area contributed by atoms with E-state index < -0.39 is 24.7 Å². The molecule has 21 heavy (non-hydrogen) atoms. The summed E-state index contributed by atoms with van der Waals surface area (Å²) in [5.74, 6) is -2.57. The summed E-state index contributed by atoms with van der Waals surface area (Å²) in [6.45, 7) is -0.968. The summed E-state index contributed by atoms with van der Waals surface area (Å²) >= 11 is 3.25. The Morgan fingerprint density at radius 2 is 1.86 bits per heavy atom. The number of hydrogen-bond acceptors (Lipinski definition) is 4. The van der Waals surface area contributed by atoms with Gasteiger partial charge in [-0.3, -0.25) is 0 Å². The molecule has 0 saturated carbocycles. The van der Waals surface area contributed by atoms with Crippen molar-refractivity contribution in [3.05, 3.63) is 22.2 Å². The summed E-state index contributed by atoms with van der Waals surface area (Å²) < 4.78 is 42.7. The van der Waals surface area contributed by atoms with Gasteiger partial charge >= 0.3 is 12.0 Å². The van der Waals surface area contributed by atoms with Crippen LogP contribution in [0.4, 0.5) is 13.6 Å². The first-order valence-electron chi connectivity index (χ1n) is 5.61. The normalized spacial score (nSPS) is 19.9. The minimum Gasteiger partial charge on any atom is -0.495 e. The maximum Gasteiger partial charge on any atom is 0.408 e. The van der Waals surface area contributed by atoms with E-state index >= 15 is 0 Å². The smallest absolute Gasteiger partial charge is 0.408 e. The molecule has 1 aliphatic rings. The lowest BCUT2D eigenvalue weighted by molar-refractivity contribution is -0.104. The lowest BCUT2D eigenvalue weighted by Gasteiger charge is -2.32. The van der Waals surface area contributed by atoms with Gasteiger partial charge in [-0.15, -0.1) is 12.4 Å². The van der Waals surface area contributed by atoms with E-state index in [2.05, 4.69) is 26.0 Å². The Hall–Kier alpha value is -1.28. The number of nitrogens with one attached hydrogen (secondary N) is 1. The molecular weight excluding hydrogens is 375 g/mol. The number of alkyl halides is 2. The van der Waals surface area contributed by atoms with Crippen molar-refractivity contribution in [3.8, 4) is 11.5 Å². The van der Waals surface area contributed by atoms with Crippen LogP contribution in [0, 0.1) is 0 Å². The number of benzene rings is 1. The van der Waals surface area contributed by atoms with Crippen molar-refractivity contribution in [2.24, 2.45) is 0 Å². The van der Waals surface area contributed by atoms with Gasteiger partial charge in [-0.1, -0.05) is 0 Å². The molecule has 0 bridgehead atoms. The van der Waals surface area contributed by atoms with Crippen molar-refractivity contribution >= 4 is 34.4 Å². The molecule has 1 N–H and O–H groups in total. The highest BCUT2D eigenvalue weighted by molar-refractivity contribution is 9.10. The second-order valence-corrected chi connectivity index (χ2v) is 4.95. The highest BCUT2D eigenvalue weighted by atomic mass is 79.9. The number of cyclic esters (lactones) is 1. The van der Waals surface area contributed by atoms with Gasteiger partial charge in [0.2, 0.25) is 0 Å². The summed E-state index contributed by atoms with van der Waals surface area (Å²) in [5, 5.41) is 2.11.